The van der Waals surface area contributed by atoms with Crippen LogP contribution in [0, 0.1) is 5.92 Å². The van der Waals surface area contributed by atoms with Crippen LogP contribution in [0.25, 0.3) is 0 Å². The summed E-state index contributed by atoms with van der Waals surface area (Å²) in [5.41, 5.74) is 11.0. The lowest BCUT2D eigenvalue weighted by Gasteiger charge is -2.26. The zero-order valence-corrected chi connectivity index (χ0v) is 19.6. The maximum Gasteiger partial charge on any atom is 0.326 e. The molecule has 0 aromatic heterocycles. The number of thioether (sulfide) groups is 1. The van der Waals surface area contributed by atoms with Crippen molar-refractivity contribution >= 4 is 47.3 Å². The summed E-state index contributed by atoms with van der Waals surface area (Å²) in [5, 5.41) is 24.9. The molecule has 4 unspecified atom stereocenters. The number of aliphatic carboxylic acids is 2. The molecule has 0 bridgehead atoms. The Morgan fingerprint density at radius 2 is 1.45 bits per heavy atom. The van der Waals surface area contributed by atoms with E-state index in [1.807, 2.05) is 6.26 Å². The fourth-order valence-electron chi connectivity index (χ4n) is 2.64. The molecule has 188 valence electrons. The van der Waals surface area contributed by atoms with Gasteiger partial charge in [0.25, 0.3) is 0 Å². The Morgan fingerprint density at radius 1 is 0.879 bits per heavy atom. The molecule has 0 aliphatic heterocycles. The molecule has 0 rings (SSSR count). The van der Waals surface area contributed by atoms with E-state index < -0.39 is 84.9 Å². The Bertz CT molecular complexity index is 733. The molecule has 4 amide bonds. The molecule has 0 saturated heterocycles. The highest BCUT2D eigenvalue weighted by molar-refractivity contribution is 7.98. The van der Waals surface area contributed by atoms with Crippen LogP contribution in [-0.2, 0) is 28.8 Å². The first-order chi connectivity index (χ1) is 15.3. The van der Waals surface area contributed by atoms with Crippen LogP contribution in [0.15, 0.2) is 0 Å². The van der Waals surface area contributed by atoms with Crippen LogP contribution in [0.4, 0.5) is 0 Å². The minimum absolute atomic E-state index is 0.388. The third-order valence-corrected chi connectivity index (χ3v) is 5.16. The maximum atomic E-state index is 12.8. The maximum absolute atomic E-state index is 12.8. The van der Waals surface area contributed by atoms with Gasteiger partial charge in [-0.3, -0.25) is 24.0 Å². The molecule has 0 radical (unpaired) electrons. The topological polar surface area (TPSA) is 231 Å². The minimum Gasteiger partial charge on any atom is -0.481 e. The van der Waals surface area contributed by atoms with Gasteiger partial charge < -0.3 is 37.6 Å². The SMILES string of the molecule is CSCCC(N)C(=O)NC(C(=O)NC(CC(N)=O)C(=O)NC(CCC(=O)O)C(=O)O)C(C)C. The van der Waals surface area contributed by atoms with Crippen LogP contribution in [0.5, 0.6) is 0 Å². The van der Waals surface area contributed by atoms with Crippen molar-refractivity contribution in [3.63, 3.8) is 0 Å². The van der Waals surface area contributed by atoms with Gasteiger partial charge in [-0.05, 0) is 30.8 Å². The second-order valence-electron chi connectivity index (χ2n) is 7.68. The molecule has 0 saturated carbocycles. The van der Waals surface area contributed by atoms with E-state index in [-0.39, 0.29) is 0 Å². The van der Waals surface area contributed by atoms with Gasteiger partial charge in [-0.15, -0.1) is 0 Å². The Morgan fingerprint density at radius 3 is 1.91 bits per heavy atom. The molecule has 14 heteroatoms. The molecule has 0 aliphatic carbocycles. The molecule has 4 atom stereocenters. The molecule has 33 heavy (non-hydrogen) atoms. The Labute approximate surface area is 195 Å². The van der Waals surface area contributed by atoms with Gasteiger partial charge in [-0.2, -0.15) is 11.8 Å². The van der Waals surface area contributed by atoms with Gasteiger partial charge in [0.2, 0.25) is 23.6 Å². The third kappa shape index (κ3) is 12.1. The molecule has 9 N–H and O–H groups in total. The highest BCUT2D eigenvalue weighted by atomic mass is 32.2. The minimum atomic E-state index is -1.56. The predicted octanol–water partition coefficient (Wildman–Crippen LogP) is -2.00. The van der Waals surface area contributed by atoms with E-state index in [0.717, 1.165) is 0 Å². The Hall–Kier alpha value is -2.87. The van der Waals surface area contributed by atoms with Gasteiger partial charge in [0, 0.05) is 6.42 Å². The summed E-state index contributed by atoms with van der Waals surface area (Å²) in [6, 6.07) is -5.04. The quantitative estimate of drug-likeness (QED) is 0.125. The van der Waals surface area contributed by atoms with Gasteiger partial charge in [-0.25, -0.2) is 4.79 Å². The fourth-order valence-corrected chi connectivity index (χ4v) is 3.13. The number of carboxylic acids is 2. The highest BCUT2D eigenvalue weighted by Gasteiger charge is 2.32. The summed E-state index contributed by atoms with van der Waals surface area (Å²) >= 11 is 1.51. The molecule has 0 spiro atoms. The Balaban J connectivity index is 5.41. The van der Waals surface area contributed by atoms with Crippen molar-refractivity contribution in [3.8, 4) is 0 Å². The number of amides is 4. The standard InChI is InChI=1S/C19H33N5O8S/c1-9(2)15(24-16(28)10(20)6-7-33-3)18(30)23-12(8-13(21)25)17(29)22-11(19(31)32)4-5-14(26)27/h9-12,15H,4-8,20H2,1-3H3,(H2,21,25)(H,22,29)(H,23,30)(H,24,28)(H,26,27)(H,31,32). The van der Waals surface area contributed by atoms with Gasteiger partial charge in [0.05, 0.1) is 12.5 Å². The van der Waals surface area contributed by atoms with E-state index in [0.29, 0.717) is 12.2 Å². The molecule has 0 aromatic carbocycles. The summed E-state index contributed by atoms with van der Waals surface area (Å²) in [7, 11) is 0. The number of hydrogen-bond acceptors (Lipinski definition) is 8. The van der Waals surface area contributed by atoms with Crippen LogP contribution in [0.1, 0.15) is 39.5 Å². The number of carbonyl (C=O) groups is 6. The molecular formula is C19H33N5O8S. The first-order valence-electron chi connectivity index (χ1n) is 10.2. The average Bonchev–Trinajstić information content (AvgIpc) is 2.70. The zero-order chi connectivity index (χ0) is 25.7. The van der Waals surface area contributed by atoms with E-state index >= 15 is 0 Å². The highest BCUT2D eigenvalue weighted by Crippen LogP contribution is 2.07. The molecule has 0 fully saturated rings. The number of primary amides is 1. The van der Waals surface area contributed by atoms with Gasteiger partial charge in [-0.1, -0.05) is 13.8 Å². The van der Waals surface area contributed by atoms with Crippen LogP contribution in [0.2, 0.25) is 0 Å². The number of rotatable bonds is 16. The van der Waals surface area contributed by atoms with Crippen molar-refractivity contribution in [2.75, 3.05) is 12.0 Å². The monoisotopic (exact) mass is 491 g/mol. The van der Waals surface area contributed by atoms with E-state index in [1.54, 1.807) is 13.8 Å². The van der Waals surface area contributed by atoms with Crippen molar-refractivity contribution < 1.29 is 39.0 Å². The van der Waals surface area contributed by atoms with Gasteiger partial charge in [0.1, 0.15) is 18.1 Å². The van der Waals surface area contributed by atoms with Crippen LogP contribution in [0.3, 0.4) is 0 Å². The second kappa shape index (κ2) is 15.1. The van der Waals surface area contributed by atoms with E-state index in [2.05, 4.69) is 16.0 Å². The summed E-state index contributed by atoms with van der Waals surface area (Å²) in [4.78, 5) is 71.1. The lowest BCUT2D eigenvalue weighted by Crippen LogP contribution is -2.59. The number of hydrogen-bond donors (Lipinski definition) is 7. The zero-order valence-electron chi connectivity index (χ0n) is 18.8. The summed E-state index contributed by atoms with van der Waals surface area (Å²) < 4.78 is 0. The van der Waals surface area contributed by atoms with Crippen molar-refractivity contribution in [1.29, 1.82) is 0 Å². The van der Waals surface area contributed by atoms with E-state index in [9.17, 15) is 33.9 Å². The first-order valence-corrected chi connectivity index (χ1v) is 11.6. The van der Waals surface area contributed by atoms with Crippen molar-refractivity contribution in [2.24, 2.45) is 17.4 Å². The van der Waals surface area contributed by atoms with Crippen molar-refractivity contribution in [2.45, 2.75) is 63.7 Å². The lowest BCUT2D eigenvalue weighted by atomic mass is 10.0. The van der Waals surface area contributed by atoms with Crippen molar-refractivity contribution in [3.05, 3.63) is 0 Å². The van der Waals surface area contributed by atoms with Crippen molar-refractivity contribution in [1.82, 2.24) is 16.0 Å². The number of nitrogens with two attached hydrogens (primary N) is 2. The lowest BCUT2D eigenvalue weighted by molar-refractivity contribution is -0.143. The number of nitrogens with one attached hydrogen (secondary N) is 3. The average molecular weight is 492 g/mol. The molecule has 13 nitrogen and oxygen atoms in total. The largest absolute Gasteiger partial charge is 0.481 e. The van der Waals surface area contributed by atoms with Gasteiger partial charge in [0.15, 0.2) is 0 Å². The molecule has 0 aliphatic rings. The summed E-state index contributed by atoms with van der Waals surface area (Å²) in [6.45, 7) is 3.29. The molecular weight excluding hydrogens is 458 g/mol. The number of carboxylic acid groups (broad SMARTS) is 2. The normalized spacial score (nSPS) is 14.5. The Kier molecular flexibility index (Phi) is 13.7. The van der Waals surface area contributed by atoms with E-state index in [1.165, 1.54) is 11.8 Å². The molecule has 0 heterocycles. The number of carbonyl (C=O) groups excluding carboxylic acids is 4. The summed E-state index contributed by atoms with van der Waals surface area (Å²) in [5.74, 6) is -5.86. The second-order valence-corrected chi connectivity index (χ2v) is 8.67. The van der Waals surface area contributed by atoms with E-state index in [4.69, 9.17) is 16.6 Å². The van der Waals surface area contributed by atoms with Crippen LogP contribution < -0.4 is 27.4 Å². The van der Waals surface area contributed by atoms with Crippen LogP contribution in [-0.4, -0.2) is 82.0 Å². The molecule has 0 aromatic rings. The first kappa shape index (κ1) is 30.1. The van der Waals surface area contributed by atoms with Gasteiger partial charge >= 0.3 is 11.9 Å². The fraction of sp³-hybridized carbons (Fsp3) is 0.684. The third-order valence-electron chi connectivity index (χ3n) is 4.52. The summed E-state index contributed by atoms with van der Waals surface area (Å²) in [6.07, 6.45) is 0.665. The van der Waals surface area contributed by atoms with Crippen LogP contribution >= 0.6 is 11.8 Å². The smallest absolute Gasteiger partial charge is 0.326 e. The predicted molar refractivity (Wildman–Crippen MR) is 120 cm³/mol.